The van der Waals surface area contributed by atoms with Crippen molar-refractivity contribution in [2.75, 3.05) is 45.8 Å². The van der Waals surface area contributed by atoms with E-state index in [0.29, 0.717) is 31.3 Å². The van der Waals surface area contributed by atoms with Gasteiger partial charge in [0.15, 0.2) is 0 Å². The van der Waals surface area contributed by atoms with Crippen molar-refractivity contribution >= 4 is 40.8 Å². The summed E-state index contributed by atoms with van der Waals surface area (Å²) in [4.78, 5) is 70.5. The minimum absolute atomic E-state index is 0.0223. The quantitative estimate of drug-likeness (QED) is 0.0984. The molecule has 5 atom stereocenters. The number of imidazole rings is 2. The van der Waals surface area contributed by atoms with Gasteiger partial charge in [-0.05, 0) is 48.8 Å². The third kappa shape index (κ3) is 9.11. The van der Waals surface area contributed by atoms with Gasteiger partial charge in [-0.2, -0.15) is 0 Å². The molecule has 0 radical (unpaired) electrons. The number of carbonyl (C=O) groups excluding carboxylic acids is 4. The number of aromatic amines is 2. The lowest BCUT2D eigenvalue weighted by molar-refractivity contribution is -0.136. The summed E-state index contributed by atoms with van der Waals surface area (Å²) in [6, 6.07) is 10.3. The number of ether oxygens (including phenoxy) is 3. The average molecular weight is 854 g/mol. The number of methoxy groups -OCH3 is 2. The smallest absolute Gasteiger partial charge is 0.407 e. The Hall–Kier alpha value is -6.39. The summed E-state index contributed by atoms with van der Waals surface area (Å²) < 4.78 is 30.2. The van der Waals surface area contributed by atoms with E-state index in [0.717, 1.165) is 62.6 Å². The molecule has 5 N–H and O–H groups in total. The van der Waals surface area contributed by atoms with Crippen LogP contribution in [-0.4, -0.2) is 112 Å². The van der Waals surface area contributed by atoms with Gasteiger partial charge in [0.1, 0.15) is 42.3 Å². The van der Waals surface area contributed by atoms with Crippen molar-refractivity contribution in [3.05, 3.63) is 71.6 Å². The highest BCUT2D eigenvalue weighted by atomic mass is 19.1. The first kappa shape index (κ1) is 43.7. The molecule has 5 unspecified atom stereocenters. The minimum Gasteiger partial charge on any atom is -0.488 e. The van der Waals surface area contributed by atoms with Crippen molar-refractivity contribution in [2.45, 2.75) is 78.8 Å². The van der Waals surface area contributed by atoms with Gasteiger partial charge in [0.2, 0.25) is 11.8 Å². The maximum Gasteiger partial charge on any atom is 0.407 e. The van der Waals surface area contributed by atoms with Crippen LogP contribution >= 0.6 is 0 Å². The van der Waals surface area contributed by atoms with Gasteiger partial charge < -0.3 is 49.9 Å². The molecule has 5 heterocycles. The summed E-state index contributed by atoms with van der Waals surface area (Å²) >= 11 is 0. The molecule has 16 nitrogen and oxygen atoms in total. The van der Waals surface area contributed by atoms with Crippen LogP contribution in [0.4, 0.5) is 19.7 Å². The van der Waals surface area contributed by atoms with Crippen LogP contribution < -0.4 is 20.7 Å². The zero-order valence-electron chi connectivity index (χ0n) is 36.4. The van der Waals surface area contributed by atoms with Crippen molar-refractivity contribution in [1.82, 2.24) is 40.4 Å². The number of hydrogen-bond donors (Lipinski definition) is 5. The largest absolute Gasteiger partial charge is 0.488 e. The summed E-state index contributed by atoms with van der Waals surface area (Å²) in [5, 5.41) is 8.88. The second kappa shape index (κ2) is 18.3. The molecule has 2 aromatic carbocycles. The van der Waals surface area contributed by atoms with E-state index in [1.54, 1.807) is 26.2 Å². The van der Waals surface area contributed by atoms with Crippen molar-refractivity contribution in [2.24, 2.45) is 17.8 Å². The van der Waals surface area contributed by atoms with Crippen molar-refractivity contribution in [1.29, 1.82) is 0 Å². The van der Waals surface area contributed by atoms with E-state index in [-0.39, 0.29) is 42.8 Å². The number of nitrogens with one attached hydrogen (secondary N) is 5. The Kier molecular flexibility index (Phi) is 12.9. The number of likely N-dealkylation sites (tertiary alicyclic amines) is 1. The Labute approximate surface area is 360 Å². The third-order valence-electron chi connectivity index (χ3n) is 11.7. The Balaban J connectivity index is 1.06. The van der Waals surface area contributed by atoms with E-state index >= 15 is 0 Å². The number of rotatable bonds is 13. The van der Waals surface area contributed by atoms with Gasteiger partial charge in [0, 0.05) is 46.6 Å². The number of hydrogen-bond acceptors (Lipinski definition) is 10. The fraction of sp³-hybridized carbons (Fsp3) is 0.467. The normalized spacial score (nSPS) is 18.1. The first-order valence-electron chi connectivity index (χ1n) is 21.0. The van der Waals surface area contributed by atoms with Crippen LogP contribution in [0.15, 0.2) is 48.8 Å². The molecule has 17 heteroatoms. The molecular weight excluding hydrogens is 798 g/mol. The molecule has 3 aliphatic heterocycles. The number of aromatic nitrogens is 4. The first-order valence-corrected chi connectivity index (χ1v) is 21.0. The molecule has 2 aromatic heterocycles. The SMILES string of the molecule is COC(=O)NC(C(=O)N(Cc1ncc(-c2ccc3c(c2)NCC2=C3COc3cc(-c4cnc(C5CC(C)CN5C(=O)C(NC(=O)OC)C(C)C)[nH]4)ccc32)[nH]1)CC(C)F)C(C)C. The topological polar surface area (TPSA) is 196 Å². The Morgan fingerprint density at radius 1 is 0.887 bits per heavy atom. The highest BCUT2D eigenvalue weighted by molar-refractivity contribution is 6.02. The number of anilines is 1. The van der Waals surface area contributed by atoms with Gasteiger partial charge in [0.25, 0.3) is 0 Å². The zero-order valence-corrected chi connectivity index (χ0v) is 36.4. The number of fused-ring (bicyclic) bond motifs is 4. The number of halogens is 1. The van der Waals surface area contributed by atoms with Crippen LogP contribution in [0.1, 0.15) is 76.8 Å². The van der Waals surface area contributed by atoms with E-state index in [1.165, 1.54) is 26.0 Å². The molecule has 1 saturated heterocycles. The molecule has 4 amide bonds. The molecule has 1 fully saturated rings. The Bertz CT molecular complexity index is 2350. The van der Waals surface area contributed by atoms with Gasteiger partial charge in [-0.1, -0.05) is 58.9 Å². The van der Waals surface area contributed by atoms with Crippen LogP contribution in [-0.2, 0) is 25.6 Å². The summed E-state index contributed by atoms with van der Waals surface area (Å²) in [7, 11) is 2.51. The number of amides is 4. The second-order valence-electron chi connectivity index (χ2n) is 17.1. The molecule has 0 saturated carbocycles. The molecule has 62 heavy (non-hydrogen) atoms. The number of nitrogens with zero attached hydrogens (tertiary/aromatic N) is 4. The molecule has 7 rings (SSSR count). The number of carbonyl (C=O) groups is 4. The Morgan fingerprint density at radius 3 is 2.21 bits per heavy atom. The summed E-state index contributed by atoms with van der Waals surface area (Å²) in [5.74, 6) is 1.19. The second-order valence-corrected chi connectivity index (χ2v) is 17.1. The first-order chi connectivity index (χ1) is 29.6. The lowest BCUT2D eigenvalue weighted by Gasteiger charge is -2.30. The van der Waals surface area contributed by atoms with E-state index in [2.05, 4.69) is 50.0 Å². The lowest BCUT2D eigenvalue weighted by atomic mass is 9.87. The molecular formula is C45H56FN9O7. The maximum atomic E-state index is 14.3. The van der Waals surface area contributed by atoms with Gasteiger partial charge in [-0.15, -0.1) is 0 Å². The van der Waals surface area contributed by atoms with Crippen LogP contribution in [0, 0.1) is 17.8 Å². The van der Waals surface area contributed by atoms with Gasteiger partial charge in [-0.3, -0.25) is 9.59 Å². The van der Waals surface area contributed by atoms with E-state index in [1.807, 2.05) is 43.0 Å². The van der Waals surface area contributed by atoms with Crippen molar-refractivity contribution in [3.8, 4) is 28.3 Å². The zero-order chi connectivity index (χ0) is 44.4. The number of alkyl halides is 1. The van der Waals surface area contributed by atoms with E-state index < -0.39 is 36.3 Å². The van der Waals surface area contributed by atoms with Crippen LogP contribution in [0.25, 0.3) is 33.7 Å². The standard InChI is InChI=1S/C45H56FN9O7/c1-23(2)39(52-44(58)60-7)42(56)54(20-26(6)46)21-38-48-17-34(50-38)27-9-11-29-32-22-62-37-15-28(10-12-30(37)31(32)16-47-33(29)14-27)35-18-49-41(51-35)36-13-25(5)19-55(36)43(57)40(24(3)4)53-45(59)61-8/h9-12,14-15,17-18,23-26,36,39-40,47H,13,16,19-22H2,1-8H3,(H,48,50)(H,49,51)(H,52,58)(H,53,59). The van der Waals surface area contributed by atoms with Gasteiger partial charge in [-0.25, -0.2) is 23.9 Å². The van der Waals surface area contributed by atoms with E-state index in [9.17, 15) is 23.6 Å². The van der Waals surface area contributed by atoms with Crippen LogP contribution in [0.3, 0.4) is 0 Å². The van der Waals surface area contributed by atoms with Gasteiger partial charge in [0.05, 0.1) is 57.1 Å². The Morgan fingerprint density at radius 2 is 1.53 bits per heavy atom. The summed E-state index contributed by atoms with van der Waals surface area (Å²) in [5.41, 5.74) is 8.52. The molecule has 330 valence electrons. The summed E-state index contributed by atoms with van der Waals surface area (Å²) in [6.07, 6.45) is 1.54. The maximum absolute atomic E-state index is 14.3. The summed E-state index contributed by atoms with van der Waals surface area (Å²) in [6.45, 7) is 12.3. The number of alkyl carbamates (subject to hydrolysis) is 2. The van der Waals surface area contributed by atoms with Crippen LogP contribution in [0.2, 0.25) is 0 Å². The molecule has 4 aromatic rings. The van der Waals surface area contributed by atoms with Gasteiger partial charge >= 0.3 is 12.2 Å². The lowest BCUT2D eigenvalue weighted by Crippen LogP contribution is -2.52. The average Bonchev–Trinajstić information content (AvgIpc) is 4.03. The van der Waals surface area contributed by atoms with Crippen LogP contribution in [0.5, 0.6) is 5.75 Å². The van der Waals surface area contributed by atoms with E-state index in [4.69, 9.17) is 19.2 Å². The molecule has 0 aliphatic carbocycles. The fourth-order valence-corrected chi connectivity index (χ4v) is 8.49. The van der Waals surface area contributed by atoms with Crippen molar-refractivity contribution in [3.63, 3.8) is 0 Å². The monoisotopic (exact) mass is 853 g/mol. The third-order valence-corrected chi connectivity index (χ3v) is 11.7. The number of H-pyrrole nitrogens is 2. The molecule has 0 bridgehead atoms. The highest BCUT2D eigenvalue weighted by Gasteiger charge is 2.40. The fourth-order valence-electron chi connectivity index (χ4n) is 8.49. The predicted octanol–water partition coefficient (Wildman–Crippen LogP) is 6.55. The minimum atomic E-state index is -1.30. The highest BCUT2D eigenvalue weighted by Crippen LogP contribution is 2.44. The number of benzene rings is 2. The molecule has 0 spiro atoms. The van der Waals surface area contributed by atoms with Crippen molar-refractivity contribution < 1.29 is 37.8 Å². The molecule has 3 aliphatic rings. The predicted molar refractivity (Wildman–Crippen MR) is 231 cm³/mol.